The molecule has 1 aromatic rings. The number of hydrogen-bond donors (Lipinski definition) is 2. The molecule has 3 heterocycles. The molecular formula is C20H24N4O4. The highest BCUT2D eigenvalue weighted by atomic mass is 16.2. The van der Waals surface area contributed by atoms with Crippen molar-refractivity contribution in [3.63, 3.8) is 0 Å². The van der Waals surface area contributed by atoms with Gasteiger partial charge in [-0.1, -0.05) is 13.0 Å². The van der Waals surface area contributed by atoms with E-state index in [1.54, 1.807) is 12.1 Å². The zero-order valence-corrected chi connectivity index (χ0v) is 15.9. The van der Waals surface area contributed by atoms with Crippen molar-refractivity contribution in [2.24, 2.45) is 0 Å². The Morgan fingerprint density at radius 1 is 1.11 bits per heavy atom. The summed E-state index contributed by atoms with van der Waals surface area (Å²) in [5.74, 6) is -1.88. The fourth-order valence-corrected chi connectivity index (χ4v) is 4.30. The highest BCUT2D eigenvalue weighted by molar-refractivity contribution is 6.23. The van der Waals surface area contributed by atoms with Crippen LogP contribution in [0.4, 0.5) is 0 Å². The topological polar surface area (TPSA) is 98.8 Å². The Kier molecular flexibility index (Phi) is 4.99. The molecule has 2 N–H and O–H groups in total. The SMILES string of the molecule is CCN(Cc1ccc2c(c1)C(=O)N(C1CCC(=O)NC1=O)C2=O)[C@H]1CCNC1. The summed E-state index contributed by atoms with van der Waals surface area (Å²) in [6.07, 6.45) is 1.39. The van der Waals surface area contributed by atoms with E-state index in [1.165, 1.54) is 0 Å². The van der Waals surface area contributed by atoms with Crippen LogP contribution in [0.25, 0.3) is 0 Å². The second kappa shape index (κ2) is 7.44. The number of carbonyl (C=O) groups excluding carboxylic acids is 4. The third-order valence-electron chi connectivity index (χ3n) is 5.85. The predicted molar refractivity (Wildman–Crippen MR) is 100 cm³/mol. The van der Waals surface area contributed by atoms with Gasteiger partial charge in [-0.25, -0.2) is 0 Å². The molecule has 148 valence electrons. The second-order valence-corrected chi connectivity index (χ2v) is 7.54. The molecule has 0 spiro atoms. The molecule has 0 aromatic heterocycles. The van der Waals surface area contributed by atoms with Crippen molar-refractivity contribution < 1.29 is 19.2 Å². The summed E-state index contributed by atoms with van der Waals surface area (Å²) in [7, 11) is 0. The van der Waals surface area contributed by atoms with E-state index in [-0.39, 0.29) is 18.7 Å². The molecule has 8 nitrogen and oxygen atoms in total. The Morgan fingerprint density at radius 2 is 1.89 bits per heavy atom. The lowest BCUT2D eigenvalue weighted by Crippen LogP contribution is -2.54. The maximum absolute atomic E-state index is 12.9. The lowest BCUT2D eigenvalue weighted by Gasteiger charge is -2.27. The number of likely N-dealkylation sites (N-methyl/N-ethyl adjacent to an activating group) is 1. The van der Waals surface area contributed by atoms with Gasteiger partial charge >= 0.3 is 0 Å². The third kappa shape index (κ3) is 3.22. The molecule has 3 aliphatic heterocycles. The molecule has 2 saturated heterocycles. The van der Waals surface area contributed by atoms with E-state index in [4.69, 9.17) is 0 Å². The number of hydrogen-bond acceptors (Lipinski definition) is 6. The van der Waals surface area contributed by atoms with Crippen LogP contribution in [0.2, 0.25) is 0 Å². The normalized spacial score (nSPS) is 24.9. The van der Waals surface area contributed by atoms with Gasteiger partial charge in [0.25, 0.3) is 11.8 Å². The number of fused-ring (bicyclic) bond motifs is 1. The average Bonchev–Trinajstić information content (AvgIpc) is 3.29. The molecule has 0 aliphatic carbocycles. The van der Waals surface area contributed by atoms with Gasteiger partial charge in [-0.05, 0) is 43.6 Å². The Hall–Kier alpha value is -2.58. The van der Waals surface area contributed by atoms with E-state index < -0.39 is 23.8 Å². The van der Waals surface area contributed by atoms with Crippen molar-refractivity contribution in [2.75, 3.05) is 19.6 Å². The fraction of sp³-hybridized carbons (Fsp3) is 0.500. The first kappa shape index (κ1) is 18.8. The lowest BCUT2D eigenvalue weighted by atomic mass is 10.0. The molecule has 3 aliphatic rings. The number of amides is 4. The van der Waals surface area contributed by atoms with Crippen molar-refractivity contribution in [3.8, 4) is 0 Å². The summed E-state index contributed by atoms with van der Waals surface area (Å²) in [4.78, 5) is 52.6. The highest BCUT2D eigenvalue weighted by Crippen LogP contribution is 2.29. The largest absolute Gasteiger partial charge is 0.315 e. The van der Waals surface area contributed by atoms with Crippen molar-refractivity contribution in [1.82, 2.24) is 20.4 Å². The number of imide groups is 2. The van der Waals surface area contributed by atoms with Gasteiger partial charge in [0.2, 0.25) is 11.8 Å². The van der Waals surface area contributed by atoms with E-state index in [1.807, 2.05) is 6.07 Å². The zero-order chi connectivity index (χ0) is 19.8. The van der Waals surface area contributed by atoms with E-state index in [2.05, 4.69) is 22.5 Å². The molecule has 2 atom stereocenters. The Bertz CT molecular complexity index is 847. The number of rotatable bonds is 5. The summed E-state index contributed by atoms with van der Waals surface area (Å²) in [6, 6.07) is 4.87. The van der Waals surface area contributed by atoms with Crippen molar-refractivity contribution in [1.29, 1.82) is 0 Å². The molecule has 1 unspecified atom stereocenters. The molecule has 1 aromatic carbocycles. The molecule has 4 rings (SSSR count). The molecule has 2 fully saturated rings. The number of piperidine rings is 1. The van der Waals surface area contributed by atoms with Crippen LogP contribution in [0.1, 0.15) is 52.5 Å². The molecular weight excluding hydrogens is 360 g/mol. The van der Waals surface area contributed by atoms with Crippen molar-refractivity contribution in [3.05, 3.63) is 34.9 Å². The van der Waals surface area contributed by atoms with E-state index in [0.717, 1.165) is 36.5 Å². The number of carbonyl (C=O) groups is 4. The number of benzene rings is 1. The van der Waals surface area contributed by atoms with Crippen LogP contribution in [-0.2, 0) is 16.1 Å². The minimum atomic E-state index is -0.926. The van der Waals surface area contributed by atoms with Crippen LogP contribution in [-0.4, -0.2) is 65.1 Å². The summed E-state index contributed by atoms with van der Waals surface area (Å²) in [5, 5.41) is 5.58. The van der Waals surface area contributed by atoms with E-state index in [0.29, 0.717) is 23.7 Å². The van der Waals surface area contributed by atoms with Gasteiger partial charge in [0.15, 0.2) is 0 Å². The van der Waals surface area contributed by atoms with Gasteiger partial charge in [0.05, 0.1) is 11.1 Å². The molecule has 8 heteroatoms. The van der Waals surface area contributed by atoms with Gasteiger partial charge in [0, 0.05) is 25.6 Å². The van der Waals surface area contributed by atoms with Crippen molar-refractivity contribution >= 4 is 23.6 Å². The van der Waals surface area contributed by atoms with Crippen LogP contribution < -0.4 is 10.6 Å². The van der Waals surface area contributed by atoms with Crippen LogP contribution in [0, 0.1) is 0 Å². The monoisotopic (exact) mass is 384 g/mol. The molecule has 0 saturated carbocycles. The zero-order valence-electron chi connectivity index (χ0n) is 15.9. The molecule has 0 radical (unpaired) electrons. The summed E-state index contributed by atoms with van der Waals surface area (Å²) in [6.45, 7) is 5.69. The number of nitrogens with one attached hydrogen (secondary N) is 2. The predicted octanol–water partition coefficient (Wildman–Crippen LogP) is 0.272. The Balaban J connectivity index is 1.55. The third-order valence-corrected chi connectivity index (χ3v) is 5.85. The summed E-state index contributed by atoms with van der Waals surface area (Å²) >= 11 is 0. The smallest absolute Gasteiger partial charge is 0.262 e. The highest BCUT2D eigenvalue weighted by Gasteiger charge is 2.44. The first-order chi connectivity index (χ1) is 13.5. The minimum absolute atomic E-state index is 0.121. The molecule has 28 heavy (non-hydrogen) atoms. The van der Waals surface area contributed by atoms with E-state index >= 15 is 0 Å². The Morgan fingerprint density at radius 3 is 2.57 bits per heavy atom. The first-order valence-corrected chi connectivity index (χ1v) is 9.79. The fourth-order valence-electron chi connectivity index (χ4n) is 4.30. The van der Waals surface area contributed by atoms with Crippen LogP contribution in [0.15, 0.2) is 18.2 Å². The second-order valence-electron chi connectivity index (χ2n) is 7.54. The first-order valence-electron chi connectivity index (χ1n) is 9.79. The van der Waals surface area contributed by atoms with Crippen molar-refractivity contribution in [2.45, 2.75) is 44.8 Å². The van der Waals surface area contributed by atoms with Crippen LogP contribution in [0.3, 0.4) is 0 Å². The minimum Gasteiger partial charge on any atom is -0.315 e. The number of nitrogens with zero attached hydrogens (tertiary/aromatic N) is 2. The van der Waals surface area contributed by atoms with Gasteiger partial charge in [-0.15, -0.1) is 0 Å². The van der Waals surface area contributed by atoms with E-state index in [9.17, 15) is 19.2 Å². The van der Waals surface area contributed by atoms with Crippen LogP contribution >= 0.6 is 0 Å². The lowest BCUT2D eigenvalue weighted by molar-refractivity contribution is -0.136. The summed E-state index contributed by atoms with van der Waals surface area (Å²) in [5.41, 5.74) is 1.63. The standard InChI is InChI=1S/C20H24N4O4/c1-2-23(13-7-8-21-10-13)11-12-3-4-14-15(9-12)20(28)24(19(14)27)16-5-6-17(25)22-18(16)26/h3-4,9,13,16,21H,2,5-8,10-11H2,1H3,(H,22,25,26)/t13-,16?/m0/s1. The average molecular weight is 384 g/mol. The van der Waals surface area contributed by atoms with Gasteiger partial charge in [-0.3, -0.25) is 34.3 Å². The molecule has 0 bridgehead atoms. The van der Waals surface area contributed by atoms with Gasteiger partial charge in [0.1, 0.15) is 6.04 Å². The van der Waals surface area contributed by atoms with Gasteiger partial charge < -0.3 is 5.32 Å². The maximum atomic E-state index is 12.9. The summed E-state index contributed by atoms with van der Waals surface area (Å²) < 4.78 is 0. The quantitative estimate of drug-likeness (QED) is 0.707. The Labute approximate surface area is 163 Å². The van der Waals surface area contributed by atoms with Gasteiger partial charge in [-0.2, -0.15) is 0 Å². The maximum Gasteiger partial charge on any atom is 0.262 e. The molecule has 4 amide bonds. The van der Waals surface area contributed by atoms with Crippen LogP contribution in [0.5, 0.6) is 0 Å².